The molecule has 3 N–H and O–H groups in total. The number of piperidine rings is 1. The van der Waals surface area contributed by atoms with Gasteiger partial charge in [0, 0.05) is 32.0 Å². The summed E-state index contributed by atoms with van der Waals surface area (Å²) < 4.78 is 5.51. The third-order valence-corrected chi connectivity index (χ3v) is 7.05. The lowest BCUT2D eigenvalue weighted by atomic mass is 9.97. The van der Waals surface area contributed by atoms with Crippen LogP contribution in [0.1, 0.15) is 24.2 Å². The molecular formula is C25H27N7O3S. The van der Waals surface area contributed by atoms with E-state index in [4.69, 9.17) is 9.72 Å². The van der Waals surface area contributed by atoms with E-state index in [1.165, 1.54) is 0 Å². The SMILES string of the molecule is COc1ccc(-c2ccc[nH]2)nc1CNCC1CCN(c2nccc(C=C3SC(=O)NC3=O)n2)CC1. The molecule has 0 spiro atoms. The summed E-state index contributed by atoms with van der Waals surface area (Å²) in [5.74, 6) is 1.56. The minimum absolute atomic E-state index is 0.346. The molecule has 11 heteroatoms. The van der Waals surface area contributed by atoms with Crippen molar-refractivity contribution in [2.45, 2.75) is 19.4 Å². The molecule has 10 nitrogen and oxygen atoms in total. The Kier molecular flexibility index (Phi) is 7.28. The second-order valence-electron chi connectivity index (χ2n) is 8.62. The number of carbonyl (C=O) groups is 2. The van der Waals surface area contributed by atoms with Crippen molar-refractivity contribution in [2.24, 2.45) is 5.92 Å². The number of pyridine rings is 1. The number of thioether (sulfide) groups is 1. The third-order valence-electron chi connectivity index (χ3n) is 6.23. The van der Waals surface area contributed by atoms with Crippen molar-refractivity contribution in [3.8, 4) is 17.1 Å². The number of rotatable bonds is 8. The minimum Gasteiger partial charge on any atom is -0.495 e. The zero-order valence-electron chi connectivity index (χ0n) is 19.9. The van der Waals surface area contributed by atoms with Crippen molar-refractivity contribution < 1.29 is 14.3 Å². The average Bonchev–Trinajstić information content (AvgIpc) is 3.54. The highest BCUT2D eigenvalue weighted by Crippen LogP contribution is 2.26. The summed E-state index contributed by atoms with van der Waals surface area (Å²) in [6.45, 7) is 3.22. The molecular weight excluding hydrogens is 478 g/mol. The maximum absolute atomic E-state index is 11.8. The smallest absolute Gasteiger partial charge is 0.290 e. The summed E-state index contributed by atoms with van der Waals surface area (Å²) in [5.41, 5.74) is 3.37. The van der Waals surface area contributed by atoms with Crippen LogP contribution >= 0.6 is 11.8 Å². The van der Waals surface area contributed by atoms with Gasteiger partial charge in [-0.05, 0) is 73.5 Å². The van der Waals surface area contributed by atoms with E-state index in [1.807, 2.05) is 30.5 Å². The fourth-order valence-corrected chi connectivity index (χ4v) is 4.99. The van der Waals surface area contributed by atoms with Gasteiger partial charge in [-0.1, -0.05) is 0 Å². The molecule has 2 amide bonds. The number of amides is 2. The number of aromatic amines is 1. The quantitative estimate of drug-likeness (QED) is 0.396. The Hall–Kier alpha value is -3.70. The molecule has 2 aliphatic heterocycles. The number of methoxy groups -OCH3 is 1. The van der Waals surface area contributed by atoms with E-state index in [9.17, 15) is 9.59 Å². The van der Waals surface area contributed by atoms with Gasteiger partial charge in [0.25, 0.3) is 11.1 Å². The molecule has 2 fully saturated rings. The Bertz CT molecular complexity index is 1270. The molecule has 0 atom stereocenters. The van der Waals surface area contributed by atoms with Gasteiger partial charge in [0.15, 0.2) is 0 Å². The van der Waals surface area contributed by atoms with Gasteiger partial charge in [0.1, 0.15) is 5.75 Å². The topological polar surface area (TPSA) is 125 Å². The minimum atomic E-state index is -0.387. The Morgan fingerprint density at radius 2 is 2.06 bits per heavy atom. The van der Waals surface area contributed by atoms with Crippen molar-refractivity contribution in [1.29, 1.82) is 0 Å². The van der Waals surface area contributed by atoms with Crippen molar-refractivity contribution >= 4 is 34.9 Å². The highest BCUT2D eigenvalue weighted by Gasteiger charge is 2.26. The van der Waals surface area contributed by atoms with Crippen LogP contribution in [0.5, 0.6) is 5.75 Å². The normalized spacial score (nSPS) is 17.6. The molecule has 186 valence electrons. The lowest BCUT2D eigenvalue weighted by molar-refractivity contribution is -0.115. The number of hydrogen-bond donors (Lipinski definition) is 3. The van der Waals surface area contributed by atoms with Crippen LogP contribution in [0, 0.1) is 5.92 Å². The van der Waals surface area contributed by atoms with Crippen molar-refractivity contribution in [3.05, 3.63) is 59.0 Å². The van der Waals surface area contributed by atoms with Crippen molar-refractivity contribution in [1.82, 2.24) is 30.6 Å². The van der Waals surface area contributed by atoms with Gasteiger partial charge in [-0.25, -0.2) is 15.0 Å². The highest BCUT2D eigenvalue weighted by atomic mass is 32.2. The lowest BCUT2D eigenvalue weighted by Gasteiger charge is -2.32. The van der Waals surface area contributed by atoms with Crippen LogP contribution in [-0.4, -0.2) is 57.8 Å². The fourth-order valence-electron chi connectivity index (χ4n) is 4.32. The largest absolute Gasteiger partial charge is 0.495 e. The molecule has 0 radical (unpaired) electrons. The van der Waals surface area contributed by atoms with Gasteiger partial charge in [0.2, 0.25) is 5.95 Å². The second-order valence-corrected chi connectivity index (χ2v) is 9.64. The molecule has 0 unspecified atom stereocenters. The maximum atomic E-state index is 11.8. The van der Waals surface area contributed by atoms with Crippen LogP contribution in [-0.2, 0) is 11.3 Å². The Balaban J connectivity index is 1.14. The summed E-state index contributed by atoms with van der Waals surface area (Å²) in [6, 6.07) is 9.61. The van der Waals surface area contributed by atoms with Gasteiger partial charge in [-0.3, -0.25) is 14.9 Å². The molecule has 0 bridgehead atoms. The molecule has 3 aromatic rings. The molecule has 0 aliphatic carbocycles. The van der Waals surface area contributed by atoms with E-state index in [0.717, 1.165) is 67.1 Å². The Morgan fingerprint density at radius 3 is 2.78 bits per heavy atom. The number of imide groups is 1. The number of ether oxygens (including phenoxy) is 1. The zero-order chi connectivity index (χ0) is 24.9. The number of H-pyrrole nitrogens is 1. The number of nitrogens with one attached hydrogen (secondary N) is 3. The molecule has 5 rings (SSSR count). The van der Waals surface area contributed by atoms with Gasteiger partial charge in [-0.2, -0.15) is 0 Å². The fraction of sp³-hybridized carbons (Fsp3) is 0.320. The van der Waals surface area contributed by atoms with Crippen LogP contribution in [0.2, 0.25) is 0 Å². The first kappa shape index (κ1) is 24.0. The molecule has 5 heterocycles. The first-order valence-corrected chi connectivity index (χ1v) is 12.6. The molecule has 0 saturated carbocycles. The van der Waals surface area contributed by atoms with Crippen molar-refractivity contribution in [3.63, 3.8) is 0 Å². The summed E-state index contributed by atoms with van der Waals surface area (Å²) in [4.78, 5) is 42.7. The van der Waals surface area contributed by atoms with Gasteiger partial charge >= 0.3 is 0 Å². The van der Waals surface area contributed by atoms with Crippen LogP contribution in [0.4, 0.5) is 10.7 Å². The molecule has 0 aromatic carbocycles. The zero-order valence-corrected chi connectivity index (χ0v) is 20.7. The summed E-state index contributed by atoms with van der Waals surface area (Å²) in [5, 5.41) is 5.45. The van der Waals surface area contributed by atoms with Gasteiger partial charge in [0.05, 0.1) is 34.8 Å². The first-order chi connectivity index (χ1) is 17.6. The molecule has 3 aromatic heterocycles. The number of aromatic nitrogens is 4. The van der Waals surface area contributed by atoms with Gasteiger partial charge in [-0.15, -0.1) is 0 Å². The predicted octanol–water partition coefficient (Wildman–Crippen LogP) is 3.21. The highest BCUT2D eigenvalue weighted by molar-refractivity contribution is 8.18. The predicted molar refractivity (Wildman–Crippen MR) is 138 cm³/mol. The van der Waals surface area contributed by atoms with E-state index < -0.39 is 0 Å². The number of nitrogens with zero attached hydrogens (tertiary/aromatic N) is 4. The lowest BCUT2D eigenvalue weighted by Crippen LogP contribution is -2.38. The van der Waals surface area contributed by atoms with Crippen molar-refractivity contribution in [2.75, 3.05) is 31.6 Å². The second kappa shape index (κ2) is 10.9. The van der Waals surface area contributed by atoms with E-state index >= 15 is 0 Å². The first-order valence-electron chi connectivity index (χ1n) is 11.8. The van der Waals surface area contributed by atoms with E-state index in [0.29, 0.717) is 29.0 Å². The molecule has 36 heavy (non-hydrogen) atoms. The molecule has 2 aliphatic rings. The summed E-state index contributed by atoms with van der Waals surface area (Å²) in [6.07, 6.45) is 7.23. The van der Waals surface area contributed by atoms with E-state index in [1.54, 1.807) is 25.4 Å². The van der Waals surface area contributed by atoms with E-state index in [-0.39, 0.29) is 11.1 Å². The molecule has 2 saturated heterocycles. The number of hydrogen-bond acceptors (Lipinski definition) is 9. The summed E-state index contributed by atoms with van der Waals surface area (Å²) >= 11 is 0.885. The van der Waals surface area contributed by atoms with Gasteiger partial charge < -0.3 is 19.9 Å². The Morgan fingerprint density at radius 1 is 1.19 bits per heavy atom. The number of carbonyl (C=O) groups excluding carboxylic acids is 2. The summed E-state index contributed by atoms with van der Waals surface area (Å²) in [7, 11) is 1.67. The van der Waals surface area contributed by atoms with Crippen LogP contribution in [0.3, 0.4) is 0 Å². The van der Waals surface area contributed by atoms with E-state index in [2.05, 4.69) is 30.5 Å². The Labute approximate surface area is 213 Å². The van der Waals surface area contributed by atoms with Crippen LogP contribution in [0.25, 0.3) is 17.5 Å². The average molecular weight is 506 g/mol. The van der Waals surface area contributed by atoms with Crippen LogP contribution in [0.15, 0.2) is 47.6 Å². The van der Waals surface area contributed by atoms with Crippen LogP contribution < -0.4 is 20.3 Å². The standard InChI is InChI=1S/C25H27N7O3S/c1-35-21-5-4-19(18-3-2-9-27-18)30-20(21)15-26-14-16-7-11-32(12-8-16)24-28-10-6-17(29-24)13-22-23(33)31-25(34)36-22/h2-6,9-10,13,16,26-27H,7-8,11-12,14-15H2,1H3,(H,31,33,34). The monoisotopic (exact) mass is 505 g/mol. The number of anilines is 1. The maximum Gasteiger partial charge on any atom is 0.290 e. The third kappa shape index (κ3) is 5.58.